The highest BCUT2D eigenvalue weighted by molar-refractivity contribution is 5.75. The normalized spacial score (nSPS) is 24.6. The smallest absolute Gasteiger partial charge is 0.317 e. The molecular weight excluding hydrogens is 202 g/mol. The first-order chi connectivity index (χ1) is 7.51. The largest absolute Gasteiger partial charge is 0.336 e. The van der Waals surface area contributed by atoms with Crippen molar-refractivity contribution in [3.63, 3.8) is 0 Å². The Morgan fingerprint density at radius 2 is 1.81 bits per heavy atom. The van der Waals surface area contributed by atoms with E-state index in [1.165, 1.54) is 25.9 Å². The fraction of sp³-hybridized carbons (Fsp3) is 0.917. The van der Waals surface area contributed by atoms with Crippen molar-refractivity contribution in [3.8, 4) is 0 Å². The van der Waals surface area contributed by atoms with Gasteiger partial charge in [0.15, 0.2) is 0 Å². The van der Waals surface area contributed by atoms with Crippen molar-refractivity contribution < 1.29 is 4.79 Å². The summed E-state index contributed by atoms with van der Waals surface area (Å²) in [4.78, 5) is 16.1. The van der Waals surface area contributed by atoms with Gasteiger partial charge in [0.05, 0.1) is 0 Å². The Bertz CT molecular complexity index is 261. The predicted molar refractivity (Wildman–Crippen MR) is 64.4 cm³/mol. The minimum absolute atomic E-state index is 0.111. The summed E-state index contributed by atoms with van der Waals surface area (Å²) in [6, 6.07) is 0.348. The van der Waals surface area contributed by atoms with Crippen LogP contribution in [0, 0.1) is 5.41 Å². The highest BCUT2D eigenvalue weighted by Crippen LogP contribution is 2.39. The predicted octanol–water partition coefficient (Wildman–Crippen LogP) is 1.13. The number of carbonyl (C=O) groups excluding carboxylic acids is 1. The Morgan fingerprint density at radius 3 is 2.31 bits per heavy atom. The molecule has 92 valence electrons. The van der Waals surface area contributed by atoms with Crippen LogP contribution in [0.25, 0.3) is 0 Å². The Hall–Kier alpha value is -0.770. The van der Waals surface area contributed by atoms with E-state index in [9.17, 15) is 4.79 Å². The number of nitrogens with one attached hydrogen (secondary N) is 1. The number of nitrogens with zero attached hydrogens (tertiary/aromatic N) is 2. The maximum atomic E-state index is 11.7. The molecule has 0 atom stereocenters. The van der Waals surface area contributed by atoms with Crippen molar-refractivity contribution in [2.75, 3.05) is 33.2 Å². The van der Waals surface area contributed by atoms with Crippen LogP contribution >= 0.6 is 0 Å². The molecule has 16 heavy (non-hydrogen) atoms. The van der Waals surface area contributed by atoms with E-state index in [2.05, 4.69) is 17.3 Å². The zero-order chi connectivity index (χ0) is 11.8. The Kier molecular flexibility index (Phi) is 3.10. The van der Waals surface area contributed by atoms with Crippen LogP contribution in [0.5, 0.6) is 0 Å². The number of carbonyl (C=O) groups is 1. The lowest BCUT2D eigenvalue weighted by atomic mass is 9.72. The monoisotopic (exact) mass is 225 g/mol. The van der Waals surface area contributed by atoms with Gasteiger partial charge in [0.25, 0.3) is 0 Å². The first-order valence-electron chi connectivity index (χ1n) is 6.25. The Morgan fingerprint density at radius 1 is 1.25 bits per heavy atom. The lowest BCUT2D eigenvalue weighted by Gasteiger charge is -2.53. The molecule has 2 aliphatic rings. The van der Waals surface area contributed by atoms with Crippen molar-refractivity contribution in [3.05, 3.63) is 0 Å². The highest BCUT2D eigenvalue weighted by Gasteiger charge is 2.46. The van der Waals surface area contributed by atoms with Gasteiger partial charge in [-0.05, 0) is 46.8 Å². The van der Waals surface area contributed by atoms with Gasteiger partial charge in [-0.2, -0.15) is 0 Å². The third-order valence-electron chi connectivity index (χ3n) is 3.80. The van der Waals surface area contributed by atoms with E-state index in [-0.39, 0.29) is 12.1 Å². The van der Waals surface area contributed by atoms with Crippen LogP contribution in [0.2, 0.25) is 0 Å². The molecule has 0 aromatic heterocycles. The van der Waals surface area contributed by atoms with Crippen LogP contribution in [0.3, 0.4) is 0 Å². The van der Waals surface area contributed by atoms with Gasteiger partial charge < -0.3 is 15.1 Å². The molecule has 0 saturated carbocycles. The van der Waals surface area contributed by atoms with E-state index < -0.39 is 0 Å². The molecule has 0 aromatic carbocycles. The molecular formula is C12H23N3O. The second-order valence-corrected chi connectivity index (χ2v) is 5.76. The molecule has 0 bridgehead atoms. The summed E-state index contributed by atoms with van der Waals surface area (Å²) < 4.78 is 0. The third-order valence-corrected chi connectivity index (χ3v) is 3.80. The molecule has 0 aromatic rings. The van der Waals surface area contributed by atoms with E-state index in [1.54, 1.807) is 0 Å². The van der Waals surface area contributed by atoms with Crippen LogP contribution in [0.15, 0.2) is 0 Å². The molecule has 2 rings (SSSR count). The van der Waals surface area contributed by atoms with Gasteiger partial charge in [-0.3, -0.25) is 0 Å². The number of amides is 2. The molecule has 4 nitrogen and oxygen atoms in total. The standard InChI is InChI=1S/C12H23N3O/c1-10(2)13-11(16)15-8-12(9-15)4-6-14(3)7-5-12/h10H,4-9H2,1-3H3,(H,13,16). The number of piperidine rings is 1. The number of hydrogen-bond acceptors (Lipinski definition) is 2. The molecule has 2 fully saturated rings. The van der Waals surface area contributed by atoms with Crippen LogP contribution in [-0.2, 0) is 0 Å². The minimum atomic E-state index is 0.111. The SMILES string of the molecule is CC(C)NC(=O)N1CC2(CCN(C)CC2)C1. The summed E-state index contributed by atoms with van der Waals surface area (Å²) in [7, 11) is 2.18. The fourth-order valence-corrected chi connectivity index (χ4v) is 2.65. The minimum Gasteiger partial charge on any atom is -0.336 e. The van der Waals surface area contributed by atoms with Crippen LogP contribution in [-0.4, -0.2) is 55.1 Å². The molecule has 0 aliphatic carbocycles. The summed E-state index contributed by atoms with van der Waals surface area (Å²) in [6.07, 6.45) is 2.49. The van der Waals surface area contributed by atoms with Crippen molar-refractivity contribution in [1.29, 1.82) is 0 Å². The number of hydrogen-bond donors (Lipinski definition) is 1. The maximum Gasteiger partial charge on any atom is 0.317 e. The second-order valence-electron chi connectivity index (χ2n) is 5.76. The van der Waals surface area contributed by atoms with E-state index in [4.69, 9.17) is 0 Å². The third kappa shape index (κ3) is 2.32. The quantitative estimate of drug-likeness (QED) is 0.726. The van der Waals surface area contributed by atoms with Gasteiger partial charge in [0, 0.05) is 24.5 Å². The zero-order valence-corrected chi connectivity index (χ0v) is 10.6. The summed E-state index contributed by atoms with van der Waals surface area (Å²) in [5.74, 6) is 0. The summed E-state index contributed by atoms with van der Waals surface area (Å²) in [5, 5.41) is 2.95. The number of urea groups is 1. The van der Waals surface area contributed by atoms with Gasteiger partial charge in [-0.25, -0.2) is 4.79 Å². The fourth-order valence-electron chi connectivity index (χ4n) is 2.65. The summed E-state index contributed by atoms with van der Waals surface area (Å²) in [5.41, 5.74) is 0.445. The Balaban J connectivity index is 1.78. The van der Waals surface area contributed by atoms with Crippen molar-refractivity contribution in [2.45, 2.75) is 32.7 Å². The number of rotatable bonds is 1. The van der Waals surface area contributed by atoms with Gasteiger partial charge >= 0.3 is 6.03 Å². The average Bonchev–Trinajstić information content (AvgIpc) is 2.14. The first-order valence-corrected chi connectivity index (χ1v) is 6.25. The van der Waals surface area contributed by atoms with Crippen LogP contribution < -0.4 is 5.32 Å². The molecule has 2 aliphatic heterocycles. The van der Waals surface area contributed by atoms with E-state index in [1.807, 2.05) is 18.7 Å². The molecule has 4 heteroatoms. The second kappa shape index (κ2) is 4.24. The lowest BCUT2D eigenvalue weighted by Crippen LogP contribution is -2.63. The summed E-state index contributed by atoms with van der Waals surface area (Å²) in [6.45, 7) is 8.28. The van der Waals surface area contributed by atoms with Crippen molar-refractivity contribution in [1.82, 2.24) is 15.1 Å². The first kappa shape index (κ1) is 11.7. The lowest BCUT2D eigenvalue weighted by molar-refractivity contribution is -0.0167. The van der Waals surface area contributed by atoms with Gasteiger partial charge in [0.2, 0.25) is 0 Å². The molecule has 0 unspecified atom stereocenters. The highest BCUT2D eigenvalue weighted by atomic mass is 16.2. The van der Waals surface area contributed by atoms with Crippen LogP contribution in [0.4, 0.5) is 4.79 Å². The molecule has 1 N–H and O–H groups in total. The Labute approximate surface area is 98.0 Å². The van der Waals surface area contributed by atoms with Gasteiger partial charge in [-0.15, -0.1) is 0 Å². The maximum absolute atomic E-state index is 11.7. The van der Waals surface area contributed by atoms with Crippen molar-refractivity contribution in [2.24, 2.45) is 5.41 Å². The van der Waals surface area contributed by atoms with E-state index >= 15 is 0 Å². The van der Waals surface area contributed by atoms with Crippen molar-refractivity contribution >= 4 is 6.03 Å². The molecule has 1 spiro atoms. The average molecular weight is 225 g/mol. The number of likely N-dealkylation sites (tertiary alicyclic amines) is 2. The van der Waals surface area contributed by atoms with E-state index in [0.29, 0.717) is 5.41 Å². The molecule has 0 radical (unpaired) electrons. The van der Waals surface area contributed by atoms with E-state index in [0.717, 1.165) is 13.1 Å². The molecule has 2 heterocycles. The van der Waals surface area contributed by atoms with Crippen LogP contribution in [0.1, 0.15) is 26.7 Å². The van der Waals surface area contributed by atoms with Gasteiger partial charge in [-0.1, -0.05) is 0 Å². The zero-order valence-electron chi connectivity index (χ0n) is 10.6. The molecule has 2 saturated heterocycles. The molecule has 2 amide bonds. The van der Waals surface area contributed by atoms with Gasteiger partial charge in [0.1, 0.15) is 0 Å². The topological polar surface area (TPSA) is 35.6 Å². The summed E-state index contributed by atoms with van der Waals surface area (Å²) >= 11 is 0.